The van der Waals surface area contributed by atoms with E-state index in [1.54, 1.807) is 0 Å². The van der Waals surface area contributed by atoms with Crippen molar-refractivity contribution in [2.45, 2.75) is 51.0 Å². The summed E-state index contributed by atoms with van der Waals surface area (Å²) in [6, 6.07) is 20.7. The lowest BCUT2D eigenvalue weighted by Crippen LogP contribution is -2.54. The Morgan fingerprint density at radius 2 is 1.67 bits per heavy atom. The van der Waals surface area contributed by atoms with E-state index in [2.05, 4.69) is 67.8 Å². The maximum atomic E-state index is 10.3. The van der Waals surface area contributed by atoms with Gasteiger partial charge in [0.15, 0.2) is 0 Å². The predicted octanol–water partition coefficient (Wildman–Crippen LogP) is 4.69. The number of aliphatic hydroxyl groups excluding tert-OH is 1. The molecule has 0 bridgehead atoms. The Labute approximate surface area is 162 Å². The van der Waals surface area contributed by atoms with Gasteiger partial charge in [-0.2, -0.15) is 0 Å². The monoisotopic (exact) mass is 363 g/mol. The average Bonchev–Trinajstić information content (AvgIpc) is 3.00. The second-order valence-electron chi connectivity index (χ2n) is 8.41. The van der Waals surface area contributed by atoms with Gasteiger partial charge >= 0.3 is 0 Å². The van der Waals surface area contributed by atoms with Crippen molar-refractivity contribution < 1.29 is 9.84 Å². The molecule has 0 aliphatic carbocycles. The third-order valence-corrected chi connectivity index (χ3v) is 6.45. The van der Waals surface area contributed by atoms with Crippen molar-refractivity contribution in [3.05, 3.63) is 84.1 Å². The zero-order valence-corrected chi connectivity index (χ0v) is 16.3. The van der Waals surface area contributed by atoms with Gasteiger partial charge in [-0.1, -0.05) is 74.2 Å². The highest BCUT2D eigenvalue weighted by Crippen LogP contribution is 2.54. The number of hydrogen-bond donors (Lipinski definition) is 1. The van der Waals surface area contributed by atoms with Gasteiger partial charge in [-0.3, -0.25) is 0 Å². The molecule has 3 nitrogen and oxygen atoms in total. The van der Waals surface area contributed by atoms with Crippen LogP contribution in [0.15, 0.2) is 72.9 Å². The van der Waals surface area contributed by atoms with E-state index in [9.17, 15) is 5.11 Å². The fourth-order valence-corrected chi connectivity index (χ4v) is 4.85. The molecule has 1 N–H and O–H groups in total. The number of allylic oxidation sites excluding steroid dienone is 1. The maximum Gasteiger partial charge on any atom is 0.139 e. The van der Waals surface area contributed by atoms with Crippen molar-refractivity contribution in [2.24, 2.45) is 5.41 Å². The fraction of sp³-hybridized carbons (Fsp3) is 0.417. The van der Waals surface area contributed by atoms with Gasteiger partial charge in [-0.15, -0.1) is 0 Å². The third-order valence-electron chi connectivity index (χ3n) is 6.45. The second kappa shape index (κ2) is 6.81. The van der Waals surface area contributed by atoms with E-state index >= 15 is 0 Å². The third kappa shape index (κ3) is 3.09. The largest absolute Gasteiger partial charge is 0.394 e. The van der Waals surface area contributed by atoms with Gasteiger partial charge in [0, 0.05) is 11.1 Å². The summed E-state index contributed by atoms with van der Waals surface area (Å²) in [4.78, 5) is 2.27. The first-order valence-corrected chi connectivity index (χ1v) is 9.83. The van der Waals surface area contributed by atoms with Crippen molar-refractivity contribution in [1.82, 2.24) is 4.90 Å². The lowest BCUT2D eigenvalue weighted by molar-refractivity contribution is -0.114. The van der Waals surface area contributed by atoms with E-state index in [4.69, 9.17) is 4.74 Å². The zero-order valence-electron chi connectivity index (χ0n) is 16.3. The molecule has 2 aromatic carbocycles. The number of hydrogen-bond acceptors (Lipinski definition) is 3. The van der Waals surface area contributed by atoms with Crippen molar-refractivity contribution in [2.75, 3.05) is 6.61 Å². The highest BCUT2D eigenvalue weighted by Gasteiger charge is 2.56. The van der Waals surface area contributed by atoms with Gasteiger partial charge < -0.3 is 14.7 Å². The highest BCUT2D eigenvalue weighted by atomic mass is 16.5. The number of benzene rings is 2. The van der Waals surface area contributed by atoms with Crippen molar-refractivity contribution in [1.29, 1.82) is 0 Å². The molecule has 0 radical (unpaired) electrons. The van der Waals surface area contributed by atoms with Crippen molar-refractivity contribution in [3.63, 3.8) is 0 Å². The molecule has 2 saturated heterocycles. The number of nitrogens with zero attached hydrogens (tertiary/aromatic N) is 1. The molecule has 142 valence electrons. The van der Waals surface area contributed by atoms with Crippen LogP contribution in [0.3, 0.4) is 0 Å². The fourth-order valence-electron chi connectivity index (χ4n) is 4.85. The standard InChI is InChI=1S/C24H29NO2/c1-18-23(2,16-19-10-6-4-7-11-19)14-15-24(3)25(18)21(17-26)22(27-24)20-12-8-5-9-13-20/h4-13,21-22,26H,1,14-17H2,2-3H3/t21-,22-,23+,24+/m0/s1. The van der Waals surface area contributed by atoms with Crippen LogP contribution < -0.4 is 0 Å². The van der Waals surface area contributed by atoms with E-state index in [0.717, 1.165) is 30.5 Å². The Bertz CT molecular complexity index is 806. The van der Waals surface area contributed by atoms with Crippen molar-refractivity contribution in [3.8, 4) is 0 Å². The van der Waals surface area contributed by atoms with Crippen LogP contribution in [0, 0.1) is 5.41 Å². The molecule has 4 rings (SSSR count). The molecular formula is C24H29NO2. The van der Waals surface area contributed by atoms with E-state index in [1.165, 1.54) is 5.56 Å². The van der Waals surface area contributed by atoms with Gasteiger partial charge in [0.1, 0.15) is 11.8 Å². The molecule has 0 unspecified atom stereocenters. The van der Waals surface area contributed by atoms with Gasteiger partial charge in [-0.05, 0) is 37.3 Å². The van der Waals surface area contributed by atoms with Crippen LogP contribution in [-0.2, 0) is 11.2 Å². The lowest BCUT2D eigenvalue weighted by Gasteiger charge is -2.51. The van der Waals surface area contributed by atoms with Crippen LogP contribution in [-0.4, -0.2) is 28.4 Å². The topological polar surface area (TPSA) is 32.7 Å². The first-order valence-electron chi connectivity index (χ1n) is 9.83. The lowest BCUT2D eigenvalue weighted by atomic mass is 9.71. The molecule has 2 fully saturated rings. The summed E-state index contributed by atoms with van der Waals surface area (Å²) in [6.45, 7) is 9.01. The first kappa shape index (κ1) is 18.3. The molecule has 0 aromatic heterocycles. The molecule has 2 aliphatic heterocycles. The van der Waals surface area contributed by atoms with E-state index in [0.29, 0.717) is 0 Å². The number of ether oxygens (including phenoxy) is 1. The SMILES string of the molecule is C=C1N2[C@@H](CO)[C@H](c3ccccc3)O[C@]2(C)CC[C@]1(C)Cc1ccccc1. The molecule has 27 heavy (non-hydrogen) atoms. The number of aliphatic hydroxyl groups is 1. The summed E-state index contributed by atoms with van der Waals surface area (Å²) in [6.07, 6.45) is 2.76. The van der Waals surface area contributed by atoms with Crippen LogP contribution in [0.1, 0.15) is 43.9 Å². The molecule has 2 heterocycles. The van der Waals surface area contributed by atoms with Gasteiger partial charge in [0.05, 0.1) is 12.6 Å². The minimum Gasteiger partial charge on any atom is -0.394 e. The minimum absolute atomic E-state index is 0.0385. The van der Waals surface area contributed by atoms with Crippen LogP contribution in [0.2, 0.25) is 0 Å². The van der Waals surface area contributed by atoms with Crippen LogP contribution in [0.5, 0.6) is 0 Å². The van der Waals surface area contributed by atoms with Crippen LogP contribution in [0.4, 0.5) is 0 Å². The Morgan fingerprint density at radius 3 is 2.30 bits per heavy atom. The van der Waals surface area contributed by atoms with Crippen LogP contribution >= 0.6 is 0 Å². The molecule has 3 heteroatoms. The first-order chi connectivity index (χ1) is 13.0. The Balaban J connectivity index is 1.66. The second-order valence-corrected chi connectivity index (χ2v) is 8.41. The minimum atomic E-state index is -0.415. The molecule has 0 spiro atoms. The molecule has 2 aromatic rings. The summed E-state index contributed by atoms with van der Waals surface area (Å²) >= 11 is 0. The summed E-state index contributed by atoms with van der Waals surface area (Å²) < 4.78 is 6.56. The molecule has 0 amide bonds. The number of fused-ring (bicyclic) bond motifs is 1. The van der Waals surface area contributed by atoms with E-state index < -0.39 is 5.72 Å². The Morgan fingerprint density at radius 1 is 1.04 bits per heavy atom. The number of rotatable bonds is 4. The molecule has 0 saturated carbocycles. The van der Waals surface area contributed by atoms with Gasteiger partial charge in [0.2, 0.25) is 0 Å². The summed E-state index contributed by atoms with van der Waals surface area (Å²) in [7, 11) is 0. The van der Waals surface area contributed by atoms with Gasteiger partial charge in [0.25, 0.3) is 0 Å². The Kier molecular flexibility index (Phi) is 4.61. The zero-order chi connectivity index (χ0) is 19.1. The van der Waals surface area contributed by atoms with E-state index in [-0.39, 0.29) is 24.2 Å². The average molecular weight is 364 g/mol. The molecular weight excluding hydrogens is 334 g/mol. The smallest absolute Gasteiger partial charge is 0.139 e. The number of piperidine rings is 1. The Hall–Kier alpha value is -2.10. The quantitative estimate of drug-likeness (QED) is 0.855. The predicted molar refractivity (Wildman–Crippen MR) is 108 cm³/mol. The summed E-state index contributed by atoms with van der Waals surface area (Å²) in [5.41, 5.74) is 3.07. The summed E-state index contributed by atoms with van der Waals surface area (Å²) in [5.74, 6) is 0. The van der Waals surface area contributed by atoms with Crippen molar-refractivity contribution >= 4 is 0 Å². The maximum absolute atomic E-state index is 10.3. The van der Waals surface area contributed by atoms with Crippen LogP contribution in [0.25, 0.3) is 0 Å². The van der Waals surface area contributed by atoms with E-state index in [1.807, 2.05) is 18.2 Å². The summed E-state index contributed by atoms with van der Waals surface area (Å²) in [5, 5.41) is 10.3. The normalized spacial score (nSPS) is 33.1. The highest BCUT2D eigenvalue weighted by molar-refractivity contribution is 5.28. The molecule has 2 aliphatic rings. The molecule has 4 atom stereocenters. The van der Waals surface area contributed by atoms with Gasteiger partial charge in [-0.25, -0.2) is 0 Å².